The molecule has 2 rings (SSSR count). The minimum atomic E-state index is -0.0661. The first kappa shape index (κ1) is 12.1. The molecule has 0 saturated heterocycles. The fraction of sp³-hybridized carbons (Fsp3) is 0.308. The van der Waals surface area contributed by atoms with Gasteiger partial charge in [0.2, 0.25) is 0 Å². The van der Waals surface area contributed by atoms with Crippen LogP contribution in [0, 0.1) is 6.92 Å². The van der Waals surface area contributed by atoms with Crippen molar-refractivity contribution < 1.29 is 0 Å². The minimum Gasteiger partial charge on any atom is -0.324 e. The van der Waals surface area contributed by atoms with Crippen molar-refractivity contribution in [1.82, 2.24) is 9.78 Å². The lowest BCUT2D eigenvalue weighted by Gasteiger charge is -2.14. The molecule has 1 aromatic heterocycles. The van der Waals surface area contributed by atoms with Gasteiger partial charge in [0.15, 0.2) is 0 Å². The van der Waals surface area contributed by atoms with Crippen molar-refractivity contribution in [3.8, 4) is 0 Å². The minimum absolute atomic E-state index is 0.0661. The summed E-state index contributed by atoms with van der Waals surface area (Å²) < 4.78 is 1.78. The maximum Gasteiger partial charge on any atom is 0.0643 e. The predicted octanol–water partition coefficient (Wildman–Crippen LogP) is 2.62. The standard InChI is InChI=1S/C13H16ClN3/c1-9-11(4-3-5-12(9)14)13(15)8-10-6-7-17(2)16-10/h3-7,13H,8,15H2,1-2H3. The zero-order valence-corrected chi connectivity index (χ0v) is 10.8. The zero-order valence-electron chi connectivity index (χ0n) is 10.0. The molecule has 17 heavy (non-hydrogen) atoms. The molecule has 3 nitrogen and oxygen atoms in total. The second-order valence-corrected chi connectivity index (χ2v) is 4.65. The summed E-state index contributed by atoms with van der Waals surface area (Å²) in [5.74, 6) is 0. The Bertz CT molecular complexity index is 519. The van der Waals surface area contributed by atoms with E-state index in [-0.39, 0.29) is 6.04 Å². The quantitative estimate of drug-likeness (QED) is 0.909. The van der Waals surface area contributed by atoms with Crippen LogP contribution in [-0.4, -0.2) is 9.78 Å². The first-order chi connectivity index (χ1) is 8.08. The normalized spacial score (nSPS) is 12.7. The summed E-state index contributed by atoms with van der Waals surface area (Å²) in [7, 11) is 1.90. The summed E-state index contributed by atoms with van der Waals surface area (Å²) in [4.78, 5) is 0. The molecule has 1 aromatic carbocycles. The van der Waals surface area contributed by atoms with Crippen LogP contribution in [-0.2, 0) is 13.5 Å². The number of hydrogen-bond donors (Lipinski definition) is 1. The average molecular weight is 250 g/mol. The van der Waals surface area contributed by atoms with Crippen LogP contribution >= 0.6 is 11.6 Å². The van der Waals surface area contributed by atoms with Crippen LogP contribution in [0.5, 0.6) is 0 Å². The Morgan fingerprint density at radius 2 is 2.18 bits per heavy atom. The molecule has 0 aliphatic rings. The lowest BCUT2D eigenvalue weighted by molar-refractivity contribution is 0.672. The van der Waals surface area contributed by atoms with Crippen molar-refractivity contribution in [2.45, 2.75) is 19.4 Å². The van der Waals surface area contributed by atoms with Gasteiger partial charge in [-0.3, -0.25) is 4.68 Å². The number of aryl methyl sites for hydroxylation is 1. The molecule has 2 N–H and O–H groups in total. The highest BCUT2D eigenvalue weighted by Crippen LogP contribution is 2.24. The van der Waals surface area contributed by atoms with Gasteiger partial charge in [-0.25, -0.2) is 0 Å². The molecule has 0 saturated carbocycles. The smallest absolute Gasteiger partial charge is 0.0643 e. The van der Waals surface area contributed by atoms with Gasteiger partial charge >= 0.3 is 0 Å². The molecular weight excluding hydrogens is 234 g/mol. The lowest BCUT2D eigenvalue weighted by Crippen LogP contribution is -2.15. The third kappa shape index (κ3) is 2.68. The van der Waals surface area contributed by atoms with Crippen LogP contribution < -0.4 is 5.73 Å². The van der Waals surface area contributed by atoms with E-state index in [1.54, 1.807) is 4.68 Å². The van der Waals surface area contributed by atoms with Gasteiger partial charge in [0.05, 0.1) is 5.69 Å². The van der Waals surface area contributed by atoms with Gasteiger partial charge in [-0.2, -0.15) is 5.10 Å². The summed E-state index contributed by atoms with van der Waals surface area (Å²) in [5.41, 5.74) is 9.34. The molecule has 0 bridgehead atoms. The first-order valence-corrected chi connectivity index (χ1v) is 5.95. The molecule has 0 aliphatic carbocycles. The van der Waals surface area contributed by atoms with E-state index in [1.807, 2.05) is 44.4 Å². The summed E-state index contributed by atoms with van der Waals surface area (Å²) in [5, 5.41) is 5.09. The van der Waals surface area contributed by atoms with Gasteiger partial charge in [0.1, 0.15) is 0 Å². The molecule has 1 atom stereocenters. The van der Waals surface area contributed by atoms with E-state index in [9.17, 15) is 0 Å². The van der Waals surface area contributed by atoms with Crippen molar-refractivity contribution in [2.24, 2.45) is 12.8 Å². The van der Waals surface area contributed by atoms with Gasteiger partial charge < -0.3 is 5.73 Å². The highest BCUT2D eigenvalue weighted by atomic mass is 35.5. The van der Waals surface area contributed by atoms with Crippen LogP contribution in [0.1, 0.15) is 22.9 Å². The van der Waals surface area contributed by atoms with E-state index < -0.39 is 0 Å². The van der Waals surface area contributed by atoms with Crippen LogP contribution in [0.3, 0.4) is 0 Å². The number of aromatic nitrogens is 2. The van der Waals surface area contributed by atoms with Gasteiger partial charge in [0, 0.05) is 30.7 Å². The van der Waals surface area contributed by atoms with E-state index >= 15 is 0 Å². The number of nitrogens with two attached hydrogens (primary N) is 1. The highest BCUT2D eigenvalue weighted by molar-refractivity contribution is 6.31. The van der Waals surface area contributed by atoms with Crippen molar-refractivity contribution in [3.05, 3.63) is 52.3 Å². The summed E-state index contributed by atoms with van der Waals surface area (Å²) in [6, 6.07) is 7.76. The molecule has 4 heteroatoms. The Balaban J connectivity index is 2.20. The summed E-state index contributed by atoms with van der Waals surface area (Å²) in [6.45, 7) is 2.00. The molecule has 0 amide bonds. The highest BCUT2D eigenvalue weighted by Gasteiger charge is 2.12. The van der Waals surface area contributed by atoms with Crippen LogP contribution in [0.25, 0.3) is 0 Å². The van der Waals surface area contributed by atoms with Gasteiger partial charge in [-0.1, -0.05) is 23.7 Å². The van der Waals surface area contributed by atoms with Crippen LogP contribution in [0.15, 0.2) is 30.5 Å². The molecule has 1 heterocycles. The number of rotatable bonds is 3. The molecule has 90 valence electrons. The third-order valence-corrected chi connectivity index (χ3v) is 3.32. The molecule has 1 unspecified atom stereocenters. The van der Waals surface area contributed by atoms with Crippen LogP contribution in [0.2, 0.25) is 5.02 Å². The summed E-state index contributed by atoms with van der Waals surface area (Å²) in [6.07, 6.45) is 2.65. The SMILES string of the molecule is Cc1c(Cl)cccc1C(N)Cc1ccn(C)n1. The first-order valence-electron chi connectivity index (χ1n) is 5.57. The third-order valence-electron chi connectivity index (χ3n) is 2.91. The number of nitrogens with zero attached hydrogens (tertiary/aromatic N) is 2. The van der Waals surface area contributed by atoms with E-state index in [1.165, 1.54) is 0 Å². The molecule has 0 fully saturated rings. The molecule has 0 aliphatic heterocycles. The Morgan fingerprint density at radius 3 is 2.82 bits per heavy atom. The predicted molar refractivity (Wildman–Crippen MR) is 70.0 cm³/mol. The van der Waals surface area contributed by atoms with E-state index in [0.29, 0.717) is 0 Å². The Labute approximate surface area is 106 Å². The monoisotopic (exact) mass is 249 g/mol. The van der Waals surface area contributed by atoms with Crippen molar-refractivity contribution >= 4 is 11.6 Å². The Kier molecular flexibility index (Phi) is 3.50. The number of benzene rings is 1. The van der Waals surface area contributed by atoms with E-state index in [4.69, 9.17) is 17.3 Å². The second-order valence-electron chi connectivity index (χ2n) is 4.25. The molecule has 0 radical (unpaired) electrons. The van der Waals surface area contributed by atoms with Gasteiger partial charge in [-0.05, 0) is 30.2 Å². The second kappa shape index (κ2) is 4.90. The largest absolute Gasteiger partial charge is 0.324 e. The van der Waals surface area contributed by atoms with E-state index in [0.717, 1.165) is 28.3 Å². The number of hydrogen-bond acceptors (Lipinski definition) is 2. The van der Waals surface area contributed by atoms with Crippen molar-refractivity contribution in [1.29, 1.82) is 0 Å². The fourth-order valence-electron chi connectivity index (χ4n) is 1.93. The van der Waals surface area contributed by atoms with Gasteiger partial charge in [-0.15, -0.1) is 0 Å². The Hall–Kier alpha value is -1.32. The Morgan fingerprint density at radius 1 is 1.41 bits per heavy atom. The molecular formula is C13H16ClN3. The molecule has 2 aromatic rings. The summed E-state index contributed by atoms with van der Waals surface area (Å²) >= 11 is 6.09. The topological polar surface area (TPSA) is 43.8 Å². The van der Waals surface area contributed by atoms with Crippen molar-refractivity contribution in [3.63, 3.8) is 0 Å². The van der Waals surface area contributed by atoms with Gasteiger partial charge in [0.25, 0.3) is 0 Å². The zero-order chi connectivity index (χ0) is 12.4. The maximum atomic E-state index is 6.20. The average Bonchev–Trinajstić information content (AvgIpc) is 2.68. The van der Waals surface area contributed by atoms with Crippen molar-refractivity contribution in [2.75, 3.05) is 0 Å². The lowest BCUT2D eigenvalue weighted by atomic mass is 9.98. The molecule has 0 spiro atoms. The fourth-order valence-corrected chi connectivity index (χ4v) is 2.12. The number of halogens is 1. The van der Waals surface area contributed by atoms with Crippen LogP contribution in [0.4, 0.5) is 0 Å². The van der Waals surface area contributed by atoms with E-state index in [2.05, 4.69) is 5.10 Å². The maximum absolute atomic E-state index is 6.20.